The molecule has 0 bridgehead atoms. The second-order valence-corrected chi connectivity index (χ2v) is 6.64. The first kappa shape index (κ1) is 20.0. The molecular formula is C21H25ClN2O2. The van der Waals surface area contributed by atoms with E-state index in [4.69, 9.17) is 11.6 Å². The second-order valence-electron chi connectivity index (χ2n) is 6.20. The molecule has 0 fully saturated rings. The van der Waals surface area contributed by atoms with E-state index in [-0.39, 0.29) is 11.8 Å². The first-order valence-electron chi connectivity index (χ1n) is 8.86. The number of halogens is 1. The highest BCUT2D eigenvalue weighted by Crippen LogP contribution is 2.15. The predicted molar refractivity (Wildman–Crippen MR) is 105 cm³/mol. The third kappa shape index (κ3) is 5.88. The van der Waals surface area contributed by atoms with Crippen LogP contribution in [0, 0.1) is 0 Å². The van der Waals surface area contributed by atoms with Crippen molar-refractivity contribution in [3.8, 4) is 0 Å². The fourth-order valence-electron chi connectivity index (χ4n) is 2.73. The van der Waals surface area contributed by atoms with Gasteiger partial charge in [0.25, 0.3) is 0 Å². The quantitative estimate of drug-likeness (QED) is 0.765. The van der Waals surface area contributed by atoms with Gasteiger partial charge in [0, 0.05) is 24.5 Å². The number of nitrogens with one attached hydrogen (secondary N) is 1. The molecule has 0 aliphatic carbocycles. The number of carbonyl (C=O) groups is 2. The van der Waals surface area contributed by atoms with E-state index >= 15 is 0 Å². The average molecular weight is 373 g/mol. The van der Waals surface area contributed by atoms with Crippen LogP contribution in [0.3, 0.4) is 0 Å². The molecule has 0 aromatic heterocycles. The van der Waals surface area contributed by atoms with Crippen LogP contribution in [-0.4, -0.2) is 29.3 Å². The van der Waals surface area contributed by atoms with Crippen molar-refractivity contribution in [1.82, 2.24) is 10.2 Å². The summed E-state index contributed by atoms with van der Waals surface area (Å²) in [6.45, 7) is 4.55. The van der Waals surface area contributed by atoms with Crippen LogP contribution in [0.1, 0.15) is 31.4 Å². The molecule has 0 heterocycles. The van der Waals surface area contributed by atoms with Crippen LogP contribution in [0.4, 0.5) is 0 Å². The third-order valence-electron chi connectivity index (χ3n) is 4.25. The minimum atomic E-state index is -0.533. The van der Waals surface area contributed by atoms with Crippen LogP contribution in [-0.2, 0) is 22.6 Å². The normalized spacial score (nSPS) is 11.7. The number of nitrogens with zero attached hydrogens (tertiary/aromatic N) is 1. The maximum atomic E-state index is 12.9. The highest BCUT2D eigenvalue weighted by atomic mass is 35.5. The SMILES string of the molecule is CCNC(=O)[C@@H](C)N(Cc1ccc(Cl)cc1)C(=O)CCc1ccccc1. The molecule has 0 radical (unpaired) electrons. The Labute approximate surface area is 160 Å². The summed E-state index contributed by atoms with van der Waals surface area (Å²) < 4.78 is 0. The molecule has 2 aromatic rings. The Kier molecular flexibility index (Phi) is 7.67. The summed E-state index contributed by atoms with van der Waals surface area (Å²) in [4.78, 5) is 26.8. The summed E-state index contributed by atoms with van der Waals surface area (Å²) in [5, 5.41) is 3.44. The monoisotopic (exact) mass is 372 g/mol. The molecule has 26 heavy (non-hydrogen) atoms. The first-order valence-corrected chi connectivity index (χ1v) is 9.24. The Bertz CT molecular complexity index is 717. The molecule has 0 aliphatic rings. The molecule has 4 nitrogen and oxygen atoms in total. The lowest BCUT2D eigenvalue weighted by Gasteiger charge is -2.29. The minimum absolute atomic E-state index is 0.0393. The molecule has 0 unspecified atom stereocenters. The first-order chi connectivity index (χ1) is 12.5. The predicted octanol–water partition coefficient (Wildman–Crippen LogP) is 3.83. The van der Waals surface area contributed by atoms with Crippen molar-refractivity contribution in [3.05, 3.63) is 70.7 Å². The number of likely N-dealkylation sites (N-methyl/N-ethyl adjacent to an activating group) is 1. The molecule has 0 spiro atoms. The van der Waals surface area contributed by atoms with Crippen LogP contribution in [0.5, 0.6) is 0 Å². The summed E-state index contributed by atoms with van der Waals surface area (Å²) >= 11 is 5.94. The molecule has 0 saturated carbocycles. The van der Waals surface area contributed by atoms with Gasteiger partial charge < -0.3 is 10.2 Å². The summed E-state index contributed by atoms with van der Waals surface area (Å²) in [6, 6.07) is 16.7. The minimum Gasteiger partial charge on any atom is -0.355 e. The lowest BCUT2D eigenvalue weighted by molar-refractivity contribution is -0.140. The van der Waals surface area contributed by atoms with Gasteiger partial charge in [-0.25, -0.2) is 0 Å². The van der Waals surface area contributed by atoms with E-state index in [1.807, 2.05) is 49.4 Å². The highest BCUT2D eigenvalue weighted by Gasteiger charge is 2.25. The van der Waals surface area contributed by atoms with Gasteiger partial charge in [0.2, 0.25) is 11.8 Å². The van der Waals surface area contributed by atoms with Crippen molar-refractivity contribution in [2.45, 2.75) is 39.3 Å². The van der Waals surface area contributed by atoms with Crippen LogP contribution >= 0.6 is 11.6 Å². The van der Waals surface area contributed by atoms with Gasteiger partial charge in [0.05, 0.1) is 0 Å². The van der Waals surface area contributed by atoms with Crippen molar-refractivity contribution in [2.75, 3.05) is 6.54 Å². The maximum absolute atomic E-state index is 12.9. The van der Waals surface area contributed by atoms with Crippen LogP contribution in [0.15, 0.2) is 54.6 Å². The van der Waals surface area contributed by atoms with Crippen molar-refractivity contribution in [2.24, 2.45) is 0 Å². The number of aryl methyl sites for hydroxylation is 1. The number of rotatable bonds is 8. The van der Waals surface area contributed by atoms with E-state index in [1.54, 1.807) is 24.0 Å². The largest absolute Gasteiger partial charge is 0.355 e. The lowest BCUT2D eigenvalue weighted by Crippen LogP contribution is -2.47. The third-order valence-corrected chi connectivity index (χ3v) is 4.51. The Hall–Kier alpha value is -2.33. The van der Waals surface area contributed by atoms with E-state index in [0.717, 1.165) is 11.1 Å². The number of benzene rings is 2. The molecule has 5 heteroatoms. The Morgan fingerprint density at radius 1 is 1.04 bits per heavy atom. The molecule has 2 aromatic carbocycles. The Morgan fingerprint density at radius 3 is 2.31 bits per heavy atom. The Balaban J connectivity index is 2.11. The van der Waals surface area contributed by atoms with Gasteiger partial charge in [-0.05, 0) is 43.5 Å². The fraction of sp³-hybridized carbons (Fsp3) is 0.333. The highest BCUT2D eigenvalue weighted by molar-refractivity contribution is 6.30. The zero-order chi connectivity index (χ0) is 18.9. The lowest BCUT2D eigenvalue weighted by atomic mass is 10.1. The van der Waals surface area contributed by atoms with E-state index in [0.29, 0.717) is 31.0 Å². The Morgan fingerprint density at radius 2 is 1.69 bits per heavy atom. The number of hydrogen-bond acceptors (Lipinski definition) is 2. The summed E-state index contributed by atoms with van der Waals surface area (Å²) in [7, 11) is 0. The van der Waals surface area contributed by atoms with Crippen molar-refractivity contribution >= 4 is 23.4 Å². The smallest absolute Gasteiger partial charge is 0.242 e. The standard InChI is InChI=1S/C21H25ClN2O2/c1-3-23-21(26)16(2)24(15-18-9-12-19(22)13-10-18)20(25)14-11-17-7-5-4-6-8-17/h4-10,12-13,16H,3,11,14-15H2,1-2H3,(H,23,26)/t16-/m1/s1. The summed E-state index contributed by atoms with van der Waals surface area (Å²) in [6.07, 6.45) is 1.01. The number of carbonyl (C=O) groups excluding carboxylic acids is 2. The number of amides is 2. The van der Waals surface area contributed by atoms with Gasteiger partial charge in [0.15, 0.2) is 0 Å². The van der Waals surface area contributed by atoms with E-state index in [9.17, 15) is 9.59 Å². The van der Waals surface area contributed by atoms with E-state index < -0.39 is 6.04 Å². The van der Waals surface area contributed by atoms with Crippen molar-refractivity contribution < 1.29 is 9.59 Å². The van der Waals surface area contributed by atoms with Crippen molar-refractivity contribution in [1.29, 1.82) is 0 Å². The molecule has 1 atom stereocenters. The molecular weight excluding hydrogens is 348 g/mol. The zero-order valence-corrected chi connectivity index (χ0v) is 16.0. The van der Waals surface area contributed by atoms with Gasteiger partial charge >= 0.3 is 0 Å². The van der Waals surface area contributed by atoms with Crippen molar-refractivity contribution in [3.63, 3.8) is 0 Å². The van der Waals surface area contributed by atoms with Gasteiger partial charge in [-0.3, -0.25) is 9.59 Å². The van der Waals surface area contributed by atoms with Gasteiger partial charge in [-0.1, -0.05) is 54.1 Å². The van der Waals surface area contributed by atoms with Crippen LogP contribution in [0.2, 0.25) is 5.02 Å². The van der Waals surface area contributed by atoms with E-state index in [1.165, 1.54) is 0 Å². The van der Waals surface area contributed by atoms with Gasteiger partial charge in [0.1, 0.15) is 6.04 Å². The summed E-state index contributed by atoms with van der Waals surface area (Å²) in [5.74, 6) is -0.183. The second kappa shape index (κ2) is 9.97. The number of hydrogen-bond donors (Lipinski definition) is 1. The van der Waals surface area contributed by atoms with Gasteiger partial charge in [-0.15, -0.1) is 0 Å². The topological polar surface area (TPSA) is 49.4 Å². The molecule has 0 saturated heterocycles. The van der Waals surface area contributed by atoms with E-state index in [2.05, 4.69) is 5.32 Å². The zero-order valence-electron chi connectivity index (χ0n) is 15.2. The molecule has 138 valence electrons. The average Bonchev–Trinajstić information content (AvgIpc) is 2.66. The van der Waals surface area contributed by atoms with Crippen LogP contribution in [0.25, 0.3) is 0 Å². The maximum Gasteiger partial charge on any atom is 0.242 e. The summed E-state index contributed by atoms with van der Waals surface area (Å²) in [5.41, 5.74) is 2.05. The fourth-order valence-corrected chi connectivity index (χ4v) is 2.86. The van der Waals surface area contributed by atoms with Gasteiger partial charge in [-0.2, -0.15) is 0 Å². The van der Waals surface area contributed by atoms with Crippen LogP contribution < -0.4 is 5.32 Å². The molecule has 2 rings (SSSR count). The molecule has 2 amide bonds. The molecule has 0 aliphatic heterocycles. The molecule has 1 N–H and O–H groups in total.